The Morgan fingerprint density at radius 3 is 3.00 bits per heavy atom. The molecule has 2 heterocycles. The van der Waals surface area contributed by atoms with E-state index in [1.54, 1.807) is 23.7 Å². The molecule has 62 valence electrons. The summed E-state index contributed by atoms with van der Waals surface area (Å²) in [6.45, 7) is 1.78. The van der Waals surface area contributed by atoms with Gasteiger partial charge in [0, 0.05) is 12.4 Å². The van der Waals surface area contributed by atoms with Crippen molar-refractivity contribution in [3.05, 3.63) is 23.4 Å². The first-order valence-electron chi connectivity index (χ1n) is 3.38. The van der Waals surface area contributed by atoms with Crippen molar-refractivity contribution in [2.24, 2.45) is 0 Å². The Kier molecular flexibility index (Phi) is 1.44. The summed E-state index contributed by atoms with van der Waals surface area (Å²) in [4.78, 5) is 7.67. The minimum Gasteiger partial charge on any atom is -0.492 e. The average Bonchev–Trinajstić information content (AvgIpc) is 2.29. The van der Waals surface area contributed by atoms with Gasteiger partial charge in [0.1, 0.15) is 11.3 Å². The fraction of sp³-hybridized carbons (Fsp3) is 0.143. The number of fused-ring (bicyclic) bond motifs is 1. The van der Waals surface area contributed by atoms with Crippen molar-refractivity contribution in [2.75, 3.05) is 0 Å². The largest absolute Gasteiger partial charge is 0.492 e. The van der Waals surface area contributed by atoms with Gasteiger partial charge in [0.15, 0.2) is 5.15 Å². The SMILES string of the molecule is Cc1nc(O)c2c(Cl)nccn12. The molecule has 12 heavy (non-hydrogen) atoms. The average molecular weight is 184 g/mol. The normalized spacial score (nSPS) is 10.8. The van der Waals surface area contributed by atoms with Crippen molar-refractivity contribution >= 4 is 17.1 Å². The van der Waals surface area contributed by atoms with Crippen LogP contribution in [0.3, 0.4) is 0 Å². The maximum Gasteiger partial charge on any atom is 0.240 e. The molecule has 0 bridgehead atoms. The van der Waals surface area contributed by atoms with Crippen molar-refractivity contribution in [3.63, 3.8) is 0 Å². The predicted octanol–water partition coefficient (Wildman–Crippen LogP) is 1.40. The molecule has 0 saturated heterocycles. The van der Waals surface area contributed by atoms with Gasteiger partial charge in [0.25, 0.3) is 0 Å². The molecule has 0 aliphatic heterocycles. The lowest BCUT2D eigenvalue weighted by Gasteiger charge is -1.95. The second-order valence-corrected chi connectivity index (χ2v) is 2.78. The van der Waals surface area contributed by atoms with Gasteiger partial charge in [-0.3, -0.25) is 4.40 Å². The molecule has 4 nitrogen and oxygen atoms in total. The molecule has 0 aromatic carbocycles. The summed E-state index contributed by atoms with van der Waals surface area (Å²) in [6, 6.07) is 0. The van der Waals surface area contributed by atoms with Gasteiger partial charge in [0.05, 0.1) is 0 Å². The molecule has 2 aromatic heterocycles. The Morgan fingerprint density at radius 2 is 2.33 bits per heavy atom. The highest BCUT2D eigenvalue weighted by Crippen LogP contribution is 2.23. The first kappa shape index (κ1) is 7.36. The van der Waals surface area contributed by atoms with Crippen molar-refractivity contribution in [1.82, 2.24) is 14.4 Å². The molecule has 0 aliphatic carbocycles. The number of aromatic hydroxyl groups is 1. The molecule has 0 saturated carbocycles. The summed E-state index contributed by atoms with van der Waals surface area (Å²) < 4.78 is 1.69. The molecular weight excluding hydrogens is 178 g/mol. The van der Waals surface area contributed by atoms with E-state index >= 15 is 0 Å². The third-order valence-corrected chi connectivity index (χ3v) is 1.94. The minimum absolute atomic E-state index is 0.0781. The van der Waals surface area contributed by atoms with Gasteiger partial charge in [0.2, 0.25) is 5.88 Å². The molecule has 5 heteroatoms. The van der Waals surface area contributed by atoms with E-state index in [0.29, 0.717) is 11.3 Å². The van der Waals surface area contributed by atoms with E-state index in [0.717, 1.165) is 0 Å². The van der Waals surface area contributed by atoms with Crippen molar-refractivity contribution in [1.29, 1.82) is 0 Å². The van der Waals surface area contributed by atoms with Gasteiger partial charge in [-0.05, 0) is 6.92 Å². The lowest BCUT2D eigenvalue weighted by Crippen LogP contribution is -1.88. The van der Waals surface area contributed by atoms with Crippen LogP contribution in [0.15, 0.2) is 12.4 Å². The molecular formula is C7H6ClN3O. The highest BCUT2D eigenvalue weighted by molar-refractivity contribution is 6.32. The third kappa shape index (κ3) is 0.848. The Morgan fingerprint density at radius 1 is 1.58 bits per heavy atom. The molecule has 2 aromatic rings. The van der Waals surface area contributed by atoms with Crippen molar-refractivity contribution < 1.29 is 5.11 Å². The molecule has 0 spiro atoms. The highest BCUT2D eigenvalue weighted by Gasteiger charge is 2.09. The lowest BCUT2D eigenvalue weighted by atomic mass is 10.5. The van der Waals surface area contributed by atoms with E-state index in [1.165, 1.54) is 0 Å². The van der Waals surface area contributed by atoms with Gasteiger partial charge in [-0.1, -0.05) is 11.6 Å². The standard InChI is InChI=1S/C7H6ClN3O/c1-4-10-7(12)5-6(8)9-2-3-11(4)5/h2-3,12H,1H3. The summed E-state index contributed by atoms with van der Waals surface area (Å²) >= 11 is 5.74. The first-order chi connectivity index (χ1) is 5.70. The van der Waals surface area contributed by atoms with E-state index < -0.39 is 0 Å². The zero-order chi connectivity index (χ0) is 8.72. The van der Waals surface area contributed by atoms with Gasteiger partial charge >= 0.3 is 0 Å². The Bertz CT molecular complexity index is 437. The Balaban J connectivity index is 2.99. The predicted molar refractivity (Wildman–Crippen MR) is 44.4 cm³/mol. The van der Waals surface area contributed by atoms with Gasteiger partial charge in [-0.15, -0.1) is 0 Å². The van der Waals surface area contributed by atoms with Crippen LogP contribution in [0.4, 0.5) is 0 Å². The Hall–Kier alpha value is -1.29. The number of halogens is 1. The summed E-state index contributed by atoms with van der Waals surface area (Å²) in [5.41, 5.74) is 0.455. The van der Waals surface area contributed by atoms with Crippen LogP contribution in [0.5, 0.6) is 5.88 Å². The zero-order valence-electron chi connectivity index (χ0n) is 6.32. The number of nitrogens with zero attached hydrogens (tertiary/aromatic N) is 3. The maximum absolute atomic E-state index is 9.32. The van der Waals surface area contributed by atoms with Gasteiger partial charge in [-0.2, -0.15) is 4.98 Å². The van der Waals surface area contributed by atoms with E-state index in [1.807, 2.05) is 0 Å². The van der Waals surface area contributed by atoms with E-state index in [2.05, 4.69) is 9.97 Å². The van der Waals surface area contributed by atoms with E-state index in [9.17, 15) is 5.11 Å². The first-order valence-corrected chi connectivity index (χ1v) is 3.76. The second kappa shape index (κ2) is 2.35. The van der Waals surface area contributed by atoms with E-state index in [4.69, 9.17) is 11.6 Å². The molecule has 0 amide bonds. The monoisotopic (exact) mass is 183 g/mol. The van der Waals surface area contributed by atoms with Crippen molar-refractivity contribution in [3.8, 4) is 5.88 Å². The number of hydrogen-bond donors (Lipinski definition) is 1. The van der Waals surface area contributed by atoms with Crippen LogP contribution < -0.4 is 0 Å². The number of aromatic nitrogens is 3. The van der Waals surface area contributed by atoms with Crippen LogP contribution in [-0.4, -0.2) is 19.5 Å². The molecule has 0 radical (unpaired) electrons. The molecule has 0 atom stereocenters. The minimum atomic E-state index is -0.0781. The summed E-state index contributed by atoms with van der Waals surface area (Å²) in [5.74, 6) is 0.609. The highest BCUT2D eigenvalue weighted by atomic mass is 35.5. The molecule has 0 aliphatic rings. The van der Waals surface area contributed by atoms with Crippen molar-refractivity contribution in [2.45, 2.75) is 6.92 Å². The van der Waals surface area contributed by atoms with Crippen LogP contribution in [-0.2, 0) is 0 Å². The molecule has 0 fully saturated rings. The fourth-order valence-corrected chi connectivity index (χ4v) is 1.36. The summed E-state index contributed by atoms with van der Waals surface area (Å²) in [7, 11) is 0. The molecule has 2 rings (SSSR count). The van der Waals surface area contributed by atoms with Crippen LogP contribution in [0, 0.1) is 6.92 Å². The number of hydrogen-bond acceptors (Lipinski definition) is 3. The number of imidazole rings is 1. The van der Waals surface area contributed by atoms with Gasteiger partial charge in [-0.25, -0.2) is 4.98 Å². The quantitative estimate of drug-likeness (QED) is 0.672. The van der Waals surface area contributed by atoms with Crippen LogP contribution in [0.25, 0.3) is 5.52 Å². The summed E-state index contributed by atoms with van der Waals surface area (Å²) in [6.07, 6.45) is 3.26. The molecule has 1 N–H and O–H groups in total. The second-order valence-electron chi connectivity index (χ2n) is 2.42. The number of aryl methyl sites for hydroxylation is 1. The zero-order valence-corrected chi connectivity index (χ0v) is 7.08. The van der Waals surface area contributed by atoms with Crippen LogP contribution in [0.2, 0.25) is 5.15 Å². The molecule has 0 unspecified atom stereocenters. The van der Waals surface area contributed by atoms with Crippen LogP contribution in [0.1, 0.15) is 5.82 Å². The van der Waals surface area contributed by atoms with E-state index in [-0.39, 0.29) is 11.0 Å². The smallest absolute Gasteiger partial charge is 0.240 e. The third-order valence-electron chi connectivity index (χ3n) is 1.67. The summed E-state index contributed by atoms with van der Waals surface area (Å²) in [5, 5.41) is 9.58. The van der Waals surface area contributed by atoms with Gasteiger partial charge < -0.3 is 5.11 Å². The maximum atomic E-state index is 9.32. The lowest BCUT2D eigenvalue weighted by molar-refractivity contribution is 0.461. The topological polar surface area (TPSA) is 50.4 Å². The fourth-order valence-electron chi connectivity index (χ4n) is 1.13. The van der Waals surface area contributed by atoms with Crippen LogP contribution >= 0.6 is 11.6 Å². The Labute approximate surface area is 73.5 Å². The number of rotatable bonds is 0.